The molecule has 0 aliphatic heterocycles. The Bertz CT molecular complexity index is 468. The van der Waals surface area contributed by atoms with Crippen molar-refractivity contribution < 1.29 is 4.39 Å². The molecule has 0 bridgehead atoms. The molecule has 0 amide bonds. The van der Waals surface area contributed by atoms with Crippen LogP contribution in [0.25, 0.3) is 10.1 Å². The van der Waals surface area contributed by atoms with Gasteiger partial charge >= 0.3 is 0 Å². The molecule has 0 saturated heterocycles. The Morgan fingerprint density at radius 1 is 1.36 bits per heavy atom. The molecule has 0 aliphatic rings. The normalized spacial score (nSPS) is 12.2. The highest BCUT2D eigenvalue weighted by Gasteiger charge is 2.22. The van der Waals surface area contributed by atoms with Crippen molar-refractivity contribution in [1.82, 2.24) is 0 Å². The maximum Gasteiger partial charge on any atom is 0.131 e. The lowest BCUT2D eigenvalue weighted by Crippen LogP contribution is -2.07. The van der Waals surface area contributed by atoms with E-state index in [0.717, 1.165) is 21.3 Å². The van der Waals surface area contributed by atoms with Gasteiger partial charge in [0.25, 0.3) is 0 Å². The summed E-state index contributed by atoms with van der Waals surface area (Å²) in [7, 11) is 0. The maximum atomic E-state index is 13.8. The summed E-state index contributed by atoms with van der Waals surface area (Å²) in [5, 5.41) is 2.83. The van der Waals surface area contributed by atoms with Gasteiger partial charge in [-0.25, -0.2) is 4.39 Å². The topological polar surface area (TPSA) is 26.0 Å². The molecule has 1 aromatic heterocycles. The van der Waals surface area contributed by atoms with Crippen molar-refractivity contribution in [1.29, 1.82) is 0 Å². The van der Waals surface area contributed by atoms with E-state index < -0.39 is 5.67 Å². The van der Waals surface area contributed by atoms with E-state index in [9.17, 15) is 4.39 Å². The molecule has 2 aromatic rings. The highest BCUT2D eigenvalue weighted by Crippen LogP contribution is 2.36. The highest BCUT2D eigenvalue weighted by molar-refractivity contribution is 7.17. The molecule has 0 radical (unpaired) electrons. The fraction of sp³-hybridized carbons (Fsp3) is 0.273. The second-order valence-corrected chi connectivity index (χ2v) is 4.79. The summed E-state index contributed by atoms with van der Waals surface area (Å²) in [5.74, 6) is 0. The first-order valence-electron chi connectivity index (χ1n) is 4.44. The highest BCUT2D eigenvalue weighted by atomic mass is 32.1. The van der Waals surface area contributed by atoms with Gasteiger partial charge in [0.05, 0.1) is 0 Å². The average molecular weight is 209 g/mol. The van der Waals surface area contributed by atoms with Crippen LogP contribution in [-0.2, 0) is 5.67 Å². The van der Waals surface area contributed by atoms with E-state index in [4.69, 9.17) is 5.73 Å². The molecule has 0 unspecified atom stereocenters. The molecular formula is C11H12FNS. The molecule has 1 heterocycles. The molecule has 1 nitrogen and oxygen atoms in total. The molecule has 0 saturated carbocycles. The molecule has 0 fully saturated rings. The number of nitrogen functional groups attached to an aromatic ring is 1. The number of thiophene rings is 1. The lowest BCUT2D eigenvalue weighted by Gasteiger charge is -2.12. The number of halogens is 1. The summed E-state index contributed by atoms with van der Waals surface area (Å²) in [6, 6.07) is 5.58. The molecule has 2 N–H and O–H groups in total. The lowest BCUT2D eigenvalue weighted by molar-refractivity contribution is 0.224. The number of hydrogen-bond acceptors (Lipinski definition) is 2. The standard InChI is InChI=1S/C11H12FNS/c1-11(2,12)9-6-14-10-5-7(13)3-4-8(9)10/h3-6H,13H2,1-2H3. The van der Waals surface area contributed by atoms with Crippen LogP contribution in [0.5, 0.6) is 0 Å². The monoisotopic (exact) mass is 209 g/mol. The SMILES string of the molecule is CC(C)(F)c1csc2cc(N)ccc12. The van der Waals surface area contributed by atoms with Crippen molar-refractivity contribution in [3.63, 3.8) is 0 Å². The first-order chi connectivity index (χ1) is 6.48. The van der Waals surface area contributed by atoms with Crippen LogP contribution in [0.3, 0.4) is 0 Å². The first kappa shape index (κ1) is 9.46. The Morgan fingerprint density at radius 2 is 2.07 bits per heavy atom. The van der Waals surface area contributed by atoms with Crippen molar-refractivity contribution in [2.75, 3.05) is 5.73 Å². The van der Waals surface area contributed by atoms with Crippen LogP contribution >= 0.6 is 11.3 Å². The Morgan fingerprint density at radius 3 is 2.71 bits per heavy atom. The quantitative estimate of drug-likeness (QED) is 0.712. The van der Waals surface area contributed by atoms with Gasteiger partial charge in [0, 0.05) is 16.0 Å². The molecule has 14 heavy (non-hydrogen) atoms. The van der Waals surface area contributed by atoms with Gasteiger partial charge in [-0.05, 0) is 36.7 Å². The van der Waals surface area contributed by atoms with Gasteiger partial charge in [-0.3, -0.25) is 0 Å². The molecule has 3 heteroatoms. The Labute approximate surface area is 86.4 Å². The van der Waals surface area contributed by atoms with Crippen LogP contribution in [0.1, 0.15) is 19.4 Å². The van der Waals surface area contributed by atoms with Gasteiger partial charge in [-0.2, -0.15) is 0 Å². The van der Waals surface area contributed by atoms with E-state index in [2.05, 4.69) is 0 Å². The van der Waals surface area contributed by atoms with Crippen LogP contribution in [0.4, 0.5) is 10.1 Å². The number of nitrogens with two attached hydrogens (primary N) is 1. The molecule has 74 valence electrons. The molecule has 2 rings (SSSR count). The number of fused-ring (bicyclic) bond motifs is 1. The van der Waals surface area contributed by atoms with Crippen LogP contribution in [0, 0.1) is 0 Å². The summed E-state index contributed by atoms with van der Waals surface area (Å²) < 4.78 is 14.8. The zero-order valence-corrected chi connectivity index (χ0v) is 8.99. The summed E-state index contributed by atoms with van der Waals surface area (Å²) in [6.07, 6.45) is 0. The summed E-state index contributed by atoms with van der Waals surface area (Å²) in [4.78, 5) is 0. The number of hydrogen-bond donors (Lipinski definition) is 1. The summed E-state index contributed by atoms with van der Waals surface area (Å²) in [5.41, 5.74) is 5.84. The smallest absolute Gasteiger partial charge is 0.131 e. The van der Waals surface area contributed by atoms with Crippen LogP contribution in [0.15, 0.2) is 23.6 Å². The van der Waals surface area contributed by atoms with E-state index in [0.29, 0.717) is 0 Å². The van der Waals surface area contributed by atoms with Crippen molar-refractivity contribution in [3.05, 3.63) is 29.1 Å². The third-order valence-electron chi connectivity index (χ3n) is 2.24. The summed E-state index contributed by atoms with van der Waals surface area (Å²) >= 11 is 1.53. The number of rotatable bonds is 1. The van der Waals surface area contributed by atoms with Gasteiger partial charge in [0.15, 0.2) is 0 Å². The molecule has 0 atom stereocenters. The van der Waals surface area contributed by atoms with E-state index >= 15 is 0 Å². The van der Waals surface area contributed by atoms with Gasteiger partial charge in [0.1, 0.15) is 5.67 Å². The van der Waals surface area contributed by atoms with E-state index in [1.807, 2.05) is 23.6 Å². The fourth-order valence-electron chi connectivity index (χ4n) is 1.51. The third-order valence-corrected chi connectivity index (χ3v) is 3.19. The zero-order valence-electron chi connectivity index (χ0n) is 8.17. The molecule has 0 spiro atoms. The minimum atomic E-state index is -1.28. The van der Waals surface area contributed by atoms with Crippen LogP contribution in [-0.4, -0.2) is 0 Å². The number of anilines is 1. The molecule has 1 aromatic carbocycles. The average Bonchev–Trinajstić information content (AvgIpc) is 2.45. The minimum absolute atomic E-state index is 0.725. The zero-order chi connectivity index (χ0) is 10.3. The second-order valence-electron chi connectivity index (χ2n) is 3.88. The van der Waals surface area contributed by atoms with Crippen LogP contribution in [0.2, 0.25) is 0 Å². The Balaban J connectivity index is 2.70. The van der Waals surface area contributed by atoms with Gasteiger partial charge in [0.2, 0.25) is 0 Å². The Hall–Kier alpha value is -1.09. The summed E-state index contributed by atoms with van der Waals surface area (Å²) in [6.45, 7) is 3.15. The Kier molecular flexibility index (Phi) is 2.00. The van der Waals surface area contributed by atoms with Crippen molar-refractivity contribution in [3.8, 4) is 0 Å². The molecule has 0 aliphatic carbocycles. The second kappa shape index (κ2) is 2.95. The van der Waals surface area contributed by atoms with Gasteiger partial charge in [-0.1, -0.05) is 6.07 Å². The van der Waals surface area contributed by atoms with Crippen LogP contribution < -0.4 is 5.73 Å². The van der Waals surface area contributed by atoms with Gasteiger partial charge in [-0.15, -0.1) is 11.3 Å². The van der Waals surface area contributed by atoms with E-state index in [-0.39, 0.29) is 0 Å². The largest absolute Gasteiger partial charge is 0.399 e. The lowest BCUT2D eigenvalue weighted by atomic mass is 9.99. The number of alkyl halides is 1. The predicted molar refractivity (Wildman–Crippen MR) is 60.4 cm³/mol. The van der Waals surface area contributed by atoms with Crippen molar-refractivity contribution in [2.24, 2.45) is 0 Å². The predicted octanol–water partition coefficient (Wildman–Crippen LogP) is 3.69. The van der Waals surface area contributed by atoms with Crippen molar-refractivity contribution in [2.45, 2.75) is 19.5 Å². The first-order valence-corrected chi connectivity index (χ1v) is 5.32. The third kappa shape index (κ3) is 1.48. The maximum absolute atomic E-state index is 13.8. The minimum Gasteiger partial charge on any atom is -0.399 e. The van der Waals surface area contributed by atoms with E-state index in [1.54, 1.807) is 13.8 Å². The fourth-order valence-corrected chi connectivity index (χ4v) is 2.67. The van der Waals surface area contributed by atoms with E-state index in [1.165, 1.54) is 11.3 Å². The molecular weight excluding hydrogens is 197 g/mol. The van der Waals surface area contributed by atoms with Crippen molar-refractivity contribution >= 4 is 27.1 Å². The number of benzene rings is 1. The van der Waals surface area contributed by atoms with Gasteiger partial charge < -0.3 is 5.73 Å².